The molecule has 2 aromatic rings. The molecule has 0 spiro atoms. The first-order chi connectivity index (χ1) is 12.0. The Hall–Kier alpha value is -2.82. The summed E-state index contributed by atoms with van der Waals surface area (Å²) in [4.78, 5) is 24.6. The van der Waals surface area contributed by atoms with Crippen molar-refractivity contribution < 1.29 is 19.1 Å². The van der Waals surface area contributed by atoms with Crippen molar-refractivity contribution in [1.82, 2.24) is 5.32 Å². The zero-order valence-electron chi connectivity index (χ0n) is 14.4. The number of rotatable bonds is 5. The summed E-state index contributed by atoms with van der Waals surface area (Å²) in [5.41, 5.74) is 1.26. The maximum Gasteiger partial charge on any atom is 0.339 e. The molecule has 1 amide bonds. The zero-order chi connectivity index (χ0) is 17.9. The first-order valence-electron chi connectivity index (χ1n) is 8.27. The van der Waals surface area contributed by atoms with Gasteiger partial charge in [0.15, 0.2) is 5.60 Å². The molecule has 0 aliphatic carbocycles. The quantitative estimate of drug-likeness (QED) is 0.672. The highest BCUT2D eigenvalue weighted by atomic mass is 16.6. The number of cyclic esters (lactones) is 1. The molecule has 0 saturated heterocycles. The largest absolute Gasteiger partial charge is 0.492 e. The van der Waals surface area contributed by atoms with Crippen molar-refractivity contribution in [1.29, 1.82) is 0 Å². The van der Waals surface area contributed by atoms with Gasteiger partial charge >= 0.3 is 5.97 Å². The lowest BCUT2D eigenvalue weighted by atomic mass is 9.89. The summed E-state index contributed by atoms with van der Waals surface area (Å²) >= 11 is 0. The molecule has 0 bridgehead atoms. The summed E-state index contributed by atoms with van der Waals surface area (Å²) in [6.07, 6.45) is 0.361. The molecule has 3 rings (SSSR count). The Morgan fingerprint density at radius 2 is 2.04 bits per heavy atom. The van der Waals surface area contributed by atoms with Gasteiger partial charge in [-0.1, -0.05) is 30.3 Å². The molecule has 0 fully saturated rings. The Morgan fingerprint density at radius 3 is 2.84 bits per heavy atom. The van der Waals surface area contributed by atoms with E-state index >= 15 is 0 Å². The molecule has 0 aromatic heterocycles. The van der Waals surface area contributed by atoms with Crippen LogP contribution in [0.15, 0.2) is 48.5 Å². The van der Waals surface area contributed by atoms with E-state index in [4.69, 9.17) is 9.47 Å². The van der Waals surface area contributed by atoms with Gasteiger partial charge in [-0.15, -0.1) is 0 Å². The van der Waals surface area contributed by atoms with Crippen LogP contribution in [0, 0.1) is 6.92 Å². The van der Waals surface area contributed by atoms with Gasteiger partial charge in [0.25, 0.3) is 5.91 Å². The normalized spacial score (nSPS) is 18.9. The number of esters is 1. The molecule has 0 radical (unpaired) electrons. The number of benzene rings is 2. The van der Waals surface area contributed by atoms with Gasteiger partial charge in [-0.3, -0.25) is 4.79 Å². The molecule has 1 unspecified atom stereocenters. The third-order valence-corrected chi connectivity index (χ3v) is 4.21. The Labute approximate surface area is 147 Å². The molecule has 0 saturated carbocycles. The predicted molar refractivity (Wildman–Crippen MR) is 93.7 cm³/mol. The van der Waals surface area contributed by atoms with Crippen LogP contribution in [0.4, 0.5) is 0 Å². The molecule has 2 aromatic carbocycles. The Balaban J connectivity index is 1.55. The lowest BCUT2D eigenvalue weighted by molar-refractivity contribution is -0.139. The van der Waals surface area contributed by atoms with E-state index in [0.717, 1.165) is 16.9 Å². The van der Waals surface area contributed by atoms with Crippen LogP contribution in [0.5, 0.6) is 5.75 Å². The van der Waals surface area contributed by atoms with Crippen molar-refractivity contribution in [3.05, 3.63) is 65.2 Å². The van der Waals surface area contributed by atoms with Gasteiger partial charge in [0.1, 0.15) is 12.4 Å². The topological polar surface area (TPSA) is 64.6 Å². The molecule has 5 nitrogen and oxygen atoms in total. The molecule has 1 N–H and O–H groups in total. The van der Waals surface area contributed by atoms with Crippen LogP contribution in [0.3, 0.4) is 0 Å². The maximum absolute atomic E-state index is 12.5. The number of aryl methyl sites for hydroxylation is 1. The monoisotopic (exact) mass is 339 g/mol. The van der Waals surface area contributed by atoms with Crippen LogP contribution in [-0.4, -0.2) is 30.6 Å². The molecule has 130 valence electrons. The highest BCUT2D eigenvalue weighted by Gasteiger charge is 2.42. The predicted octanol–water partition coefficient (Wildman–Crippen LogP) is 2.66. The summed E-state index contributed by atoms with van der Waals surface area (Å²) in [5, 5.41) is 2.79. The maximum atomic E-state index is 12.5. The first-order valence-corrected chi connectivity index (χ1v) is 8.27. The highest BCUT2D eigenvalue weighted by Crippen LogP contribution is 2.28. The fourth-order valence-electron chi connectivity index (χ4n) is 2.88. The number of carbonyl (C=O) groups excluding carboxylic acids is 2. The van der Waals surface area contributed by atoms with Crippen LogP contribution < -0.4 is 10.1 Å². The van der Waals surface area contributed by atoms with Crippen molar-refractivity contribution in [2.75, 3.05) is 13.2 Å². The average Bonchev–Trinajstić information content (AvgIpc) is 2.58. The van der Waals surface area contributed by atoms with Gasteiger partial charge in [-0.25, -0.2) is 4.79 Å². The summed E-state index contributed by atoms with van der Waals surface area (Å²) in [6.45, 7) is 4.31. The Kier molecular flexibility index (Phi) is 4.74. The third-order valence-electron chi connectivity index (χ3n) is 4.21. The second-order valence-corrected chi connectivity index (χ2v) is 6.38. The third kappa shape index (κ3) is 3.82. The van der Waals surface area contributed by atoms with E-state index in [9.17, 15) is 9.59 Å². The summed E-state index contributed by atoms with van der Waals surface area (Å²) in [5.74, 6) is -0.0165. The van der Waals surface area contributed by atoms with Crippen LogP contribution in [0.1, 0.15) is 28.4 Å². The number of hydrogen-bond acceptors (Lipinski definition) is 4. The molecule has 1 aliphatic rings. The first kappa shape index (κ1) is 17.0. The van der Waals surface area contributed by atoms with Crippen LogP contribution in [0.25, 0.3) is 0 Å². The SMILES string of the molecule is Cc1cccc(OCCNC(=O)C2(C)Cc3ccccc3C(=O)O2)c1. The molecule has 1 atom stereocenters. The van der Waals surface area contributed by atoms with Gasteiger partial charge < -0.3 is 14.8 Å². The second-order valence-electron chi connectivity index (χ2n) is 6.38. The number of nitrogens with one attached hydrogen (secondary N) is 1. The van der Waals surface area contributed by atoms with E-state index in [2.05, 4.69) is 5.32 Å². The van der Waals surface area contributed by atoms with Gasteiger partial charge in [0.05, 0.1) is 12.1 Å². The number of amides is 1. The van der Waals surface area contributed by atoms with Gasteiger partial charge in [0, 0.05) is 6.42 Å². The van der Waals surface area contributed by atoms with Gasteiger partial charge in [0.2, 0.25) is 0 Å². The standard InChI is InChI=1S/C20H21NO4/c1-14-6-5-8-16(12-14)24-11-10-21-19(23)20(2)13-15-7-3-4-9-17(15)18(22)25-20/h3-9,12H,10-11,13H2,1-2H3,(H,21,23). The van der Waals surface area contributed by atoms with Crippen molar-refractivity contribution >= 4 is 11.9 Å². The molecular formula is C20H21NO4. The minimum absolute atomic E-state index is 0.316. The summed E-state index contributed by atoms with van der Waals surface area (Å²) in [7, 11) is 0. The minimum atomic E-state index is -1.20. The van der Waals surface area contributed by atoms with Gasteiger partial charge in [-0.05, 0) is 43.2 Å². The summed E-state index contributed by atoms with van der Waals surface area (Å²) in [6, 6.07) is 14.9. The van der Waals surface area contributed by atoms with E-state index in [-0.39, 0.29) is 5.91 Å². The number of ether oxygens (including phenoxy) is 2. The second kappa shape index (κ2) is 6.97. The van der Waals surface area contributed by atoms with Crippen LogP contribution in [-0.2, 0) is 16.0 Å². The average molecular weight is 339 g/mol. The van der Waals surface area contributed by atoms with Crippen molar-refractivity contribution in [2.24, 2.45) is 0 Å². The number of fused-ring (bicyclic) bond motifs is 1. The van der Waals surface area contributed by atoms with Crippen LogP contribution >= 0.6 is 0 Å². The lowest BCUT2D eigenvalue weighted by Crippen LogP contribution is -2.52. The van der Waals surface area contributed by atoms with Crippen molar-refractivity contribution in [3.63, 3.8) is 0 Å². The van der Waals surface area contributed by atoms with E-state index in [1.54, 1.807) is 19.1 Å². The number of carbonyl (C=O) groups is 2. The van der Waals surface area contributed by atoms with E-state index in [1.807, 2.05) is 43.3 Å². The highest BCUT2D eigenvalue weighted by molar-refractivity contribution is 5.97. The zero-order valence-corrected chi connectivity index (χ0v) is 14.4. The minimum Gasteiger partial charge on any atom is -0.492 e. The lowest BCUT2D eigenvalue weighted by Gasteiger charge is -2.33. The van der Waals surface area contributed by atoms with Gasteiger partial charge in [-0.2, -0.15) is 0 Å². The van der Waals surface area contributed by atoms with E-state index in [1.165, 1.54) is 0 Å². The number of hydrogen-bond donors (Lipinski definition) is 1. The fourth-order valence-corrected chi connectivity index (χ4v) is 2.88. The van der Waals surface area contributed by atoms with Crippen molar-refractivity contribution in [3.8, 4) is 5.75 Å². The summed E-state index contributed by atoms with van der Waals surface area (Å²) < 4.78 is 11.0. The fraction of sp³-hybridized carbons (Fsp3) is 0.300. The molecular weight excluding hydrogens is 318 g/mol. The smallest absolute Gasteiger partial charge is 0.339 e. The van der Waals surface area contributed by atoms with Crippen molar-refractivity contribution in [2.45, 2.75) is 25.9 Å². The van der Waals surface area contributed by atoms with Crippen LogP contribution in [0.2, 0.25) is 0 Å². The Morgan fingerprint density at radius 1 is 1.24 bits per heavy atom. The van der Waals surface area contributed by atoms with E-state index < -0.39 is 11.6 Å². The van der Waals surface area contributed by atoms with E-state index in [0.29, 0.717) is 25.1 Å². The molecule has 5 heteroatoms. The Bertz CT molecular complexity index is 802. The molecule has 1 aliphatic heterocycles. The molecule has 1 heterocycles. The molecule has 25 heavy (non-hydrogen) atoms.